The second-order valence-corrected chi connectivity index (χ2v) is 3.69. The number of aryl methyl sites for hydroxylation is 1. The van der Waals surface area contributed by atoms with E-state index >= 15 is 0 Å². The Labute approximate surface area is 92.5 Å². The first-order valence-electron chi connectivity index (χ1n) is 4.89. The summed E-state index contributed by atoms with van der Waals surface area (Å²) in [5.41, 5.74) is 8.40. The van der Waals surface area contributed by atoms with Crippen molar-refractivity contribution in [3.05, 3.63) is 53.6 Å². The van der Waals surface area contributed by atoms with E-state index in [1.54, 1.807) is 19.1 Å². The molecule has 0 bridgehead atoms. The van der Waals surface area contributed by atoms with Crippen molar-refractivity contribution in [2.45, 2.75) is 6.92 Å². The molecule has 0 saturated carbocycles. The number of hydrogen-bond acceptors (Lipinski definition) is 1. The van der Waals surface area contributed by atoms with E-state index in [0.29, 0.717) is 5.69 Å². The highest BCUT2D eigenvalue weighted by atomic mass is 19.1. The molecule has 0 unspecified atom stereocenters. The first-order chi connectivity index (χ1) is 7.58. The van der Waals surface area contributed by atoms with Crippen LogP contribution in [-0.2, 0) is 0 Å². The van der Waals surface area contributed by atoms with Gasteiger partial charge in [0.25, 0.3) is 0 Å². The molecular weight excluding hydrogens is 208 g/mol. The third kappa shape index (κ3) is 1.89. The number of hydrogen-bond donors (Lipinski definition) is 1. The summed E-state index contributed by atoms with van der Waals surface area (Å²) in [5, 5.41) is 0. The summed E-state index contributed by atoms with van der Waals surface area (Å²) >= 11 is 0. The molecule has 2 N–H and O–H groups in total. The summed E-state index contributed by atoms with van der Waals surface area (Å²) in [6, 6.07) is 8.65. The van der Waals surface area contributed by atoms with Gasteiger partial charge in [0.1, 0.15) is 11.6 Å². The molecule has 0 aromatic heterocycles. The standard InChI is InChI=1S/C13H11F2N/c1-8-6-9(14)2-4-11(8)12-5-3-10(15)7-13(12)16/h2-7H,16H2,1H3. The molecule has 0 fully saturated rings. The molecule has 16 heavy (non-hydrogen) atoms. The number of nitrogen functional groups attached to an aromatic ring is 1. The van der Waals surface area contributed by atoms with Crippen molar-refractivity contribution >= 4 is 5.69 Å². The molecule has 0 saturated heterocycles. The van der Waals surface area contributed by atoms with Crippen molar-refractivity contribution in [3.63, 3.8) is 0 Å². The molecule has 3 heteroatoms. The summed E-state index contributed by atoms with van der Waals surface area (Å²) < 4.78 is 25.8. The molecule has 1 nitrogen and oxygen atoms in total. The minimum atomic E-state index is -0.374. The van der Waals surface area contributed by atoms with E-state index in [1.165, 1.54) is 24.3 Å². The molecule has 0 amide bonds. The lowest BCUT2D eigenvalue weighted by Gasteiger charge is -2.09. The van der Waals surface area contributed by atoms with Crippen LogP contribution in [0.1, 0.15) is 5.56 Å². The van der Waals surface area contributed by atoms with Crippen LogP contribution in [0, 0.1) is 18.6 Å². The average Bonchev–Trinajstić information content (AvgIpc) is 2.19. The zero-order valence-electron chi connectivity index (χ0n) is 8.80. The Hall–Kier alpha value is -1.90. The second-order valence-electron chi connectivity index (χ2n) is 3.69. The van der Waals surface area contributed by atoms with Crippen LogP contribution in [0.15, 0.2) is 36.4 Å². The lowest BCUT2D eigenvalue weighted by molar-refractivity contribution is 0.626. The van der Waals surface area contributed by atoms with Crippen molar-refractivity contribution in [2.75, 3.05) is 5.73 Å². The van der Waals surface area contributed by atoms with Gasteiger partial charge in [0.15, 0.2) is 0 Å². The lowest BCUT2D eigenvalue weighted by atomic mass is 9.99. The summed E-state index contributed by atoms with van der Waals surface area (Å²) in [6.07, 6.45) is 0. The van der Waals surface area contributed by atoms with Crippen LogP contribution in [0.25, 0.3) is 11.1 Å². The Morgan fingerprint density at radius 1 is 0.875 bits per heavy atom. The normalized spacial score (nSPS) is 10.4. The van der Waals surface area contributed by atoms with Crippen LogP contribution in [0.3, 0.4) is 0 Å². The quantitative estimate of drug-likeness (QED) is 0.729. The van der Waals surface area contributed by atoms with E-state index in [4.69, 9.17) is 5.73 Å². The van der Waals surface area contributed by atoms with Gasteiger partial charge in [-0.15, -0.1) is 0 Å². The molecule has 0 atom stereocenters. The number of anilines is 1. The summed E-state index contributed by atoms with van der Waals surface area (Å²) in [5.74, 6) is -0.664. The minimum Gasteiger partial charge on any atom is -0.398 e. The summed E-state index contributed by atoms with van der Waals surface area (Å²) in [4.78, 5) is 0. The maximum atomic E-state index is 12.9. The maximum Gasteiger partial charge on any atom is 0.125 e. The van der Waals surface area contributed by atoms with Gasteiger partial charge < -0.3 is 5.73 Å². The smallest absolute Gasteiger partial charge is 0.125 e. The van der Waals surface area contributed by atoms with Crippen LogP contribution < -0.4 is 5.73 Å². The number of benzene rings is 2. The van der Waals surface area contributed by atoms with Gasteiger partial charge >= 0.3 is 0 Å². The third-order valence-electron chi connectivity index (χ3n) is 2.49. The fraction of sp³-hybridized carbons (Fsp3) is 0.0769. The molecule has 2 aromatic carbocycles. The Morgan fingerprint density at radius 2 is 1.44 bits per heavy atom. The summed E-state index contributed by atoms with van der Waals surface area (Å²) in [7, 11) is 0. The molecule has 0 aliphatic carbocycles. The topological polar surface area (TPSA) is 26.0 Å². The van der Waals surface area contributed by atoms with Crippen LogP contribution in [0.2, 0.25) is 0 Å². The predicted molar refractivity (Wildman–Crippen MR) is 60.9 cm³/mol. The van der Waals surface area contributed by atoms with Crippen molar-refractivity contribution in [2.24, 2.45) is 0 Å². The van der Waals surface area contributed by atoms with Gasteiger partial charge in [0, 0.05) is 11.3 Å². The maximum absolute atomic E-state index is 12.9. The van der Waals surface area contributed by atoms with Crippen LogP contribution in [0.4, 0.5) is 14.5 Å². The lowest BCUT2D eigenvalue weighted by Crippen LogP contribution is -1.93. The van der Waals surface area contributed by atoms with Gasteiger partial charge in [-0.3, -0.25) is 0 Å². The molecule has 0 heterocycles. The SMILES string of the molecule is Cc1cc(F)ccc1-c1ccc(F)cc1N. The number of rotatable bonds is 1. The Balaban J connectivity index is 2.59. The van der Waals surface area contributed by atoms with Gasteiger partial charge in [-0.05, 0) is 48.4 Å². The molecule has 2 rings (SSSR count). The van der Waals surface area contributed by atoms with E-state index in [9.17, 15) is 8.78 Å². The first kappa shape index (κ1) is 10.6. The van der Waals surface area contributed by atoms with E-state index in [0.717, 1.165) is 16.7 Å². The Morgan fingerprint density at radius 3 is 2.00 bits per heavy atom. The molecule has 0 aliphatic heterocycles. The van der Waals surface area contributed by atoms with E-state index in [-0.39, 0.29) is 11.6 Å². The van der Waals surface area contributed by atoms with Crippen LogP contribution in [0.5, 0.6) is 0 Å². The molecular formula is C13H11F2N. The van der Waals surface area contributed by atoms with Gasteiger partial charge in [0.05, 0.1) is 0 Å². The molecule has 0 radical (unpaired) electrons. The first-order valence-corrected chi connectivity index (χ1v) is 4.89. The third-order valence-corrected chi connectivity index (χ3v) is 2.49. The van der Waals surface area contributed by atoms with Crippen molar-refractivity contribution in [1.82, 2.24) is 0 Å². The second kappa shape index (κ2) is 3.93. The Kier molecular flexibility index (Phi) is 2.60. The van der Waals surface area contributed by atoms with Gasteiger partial charge in [-0.1, -0.05) is 6.07 Å². The number of nitrogens with two attached hydrogens (primary N) is 1. The number of halogens is 2. The fourth-order valence-corrected chi connectivity index (χ4v) is 1.71. The van der Waals surface area contributed by atoms with E-state index < -0.39 is 0 Å². The van der Waals surface area contributed by atoms with Crippen LogP contribution >= 0.6 is 0 Å². The highest BCUT2D eigenvalue weighted by molar-refractivity contribution is 5.78. The van der Waals surface area contributed by atoms with Crippen molar-refractivity contribution in [3.8, 4) is 11.1 Å². The predicted octanol–water partition coefficient (Wildman–Crippen LogP) is 3.52. The van der Waals surface area contributed by atoms with E-state index in [2.05, 4.69) is 0 Å². The van der Waals surface area contributed by atoms with Crippen molar-refractivity contribution < 1.29 is 8.78 Å². The highest BCUT2D eigenvalue weighted by Gasteiger charge is 2.07. The summed E-state index contributed by atoms with van der Waals surface area (Å²) in [6.45, 7) is 1.79. The fourth-order valence-electron chi connectivity index (χ4n) is 1.71. The monoisotopic (exact) mass is 219 g/mol. The average molecular weight is 219 g/mol. The molecule has 0 spiro atoms. The molecule has 2 aromatic rings. The van der Waals surface area contributed by atoms with E-state index in [1.807, 2.05) is 0 Å². The Bertz CT molecular complexity index is 486. The minimum absolute atomic E-state index is 0.290. The zero-order chi connectivity index (χ0) is 11.7. The van der Waals surface area contributed by atoms with Gasteiger partial charge in [-0.2, -0.15) is 0 Å². The highest BCUT2D eigenvalue weighted by Crippen LogP contribution is 2.29. The zero-order valence-corrected chi connectivity index (χ0v) is 8.80. The van der Waals surface area contributed by atoms with Gasteiger partial charge in [0.2, 0.25) is 0 Å². The molecule has 82 valence electrons. The van der Waals surface area contributed by atoms with Crippen molar-refractivity contribution in [1.29, 1.82) is 0 Å². The largest absolute Gasteiger partial charge is 0.398 e. The van der Waals surface area contributed by atoms with Crippen LogP contribution in [-0.4, -0.2) is 0 Å². The molecule has 0 aliphatic rings. The van der Waals surface area contributed by atoms with Gasteiger partial charge in [-0.25, -0.2) is 8.78 Å².